The number of nitrogens with zero attached hydrogens (tertiary/aromatic N) is 3. The van der Waals surface area contributed by atoms with E-state index in [1.54, 1.807) is 0 Å². The van der Waals surface area contributed by atoms with E-state index in [-0.39, 0.29) is 0 Å². The van der Waals surface area contributed by atoms with E-state index in [0.717, 1.165) is 32.1 Å². The fraction of sp³-hybridized carbons (Fsp3) is 0.929. The molecule has 1 aliphatic carbocycles. The third-order valence-corrected chi connectivity index (χ3v) is 4.03. The molecule has 1 unspecified atom stereocenters. The van der Waals surface area contributed by atoms with Crippen LogP contribution in [-0.4, -0.2) is 61.2 Å². The van der Waals surface area contributed by atoms with Gasteiger partial charge in [-0.1, -0.05) is 6.92 Å². The summed E-state index contributed by atoms with van der Waals surface area (Å²) in [6.45, 7) is 11.6. The van der Waals surface area contributed by atoms with Gasteiger partial charge in [-0.2, -0.15) is 5.26 Å². The van der Waals surface area contributed by atoms with Crippen molar-refractivity contribution in [3.63, 3.8) is 0 Å². The Morgan fingerprint density at radius 3 is 2.33 bits per heavy atom. The van der Waals surface area contributed by atoms with Crippen molar-refractivity contribution in [3.8, 4) is 6.07 Å². The van der Waals surface area contributed by atoms with Gasteiger partial charge < -0.3 is 4.90 Å². The molecular formula is C14H26N4. The number of hydrogen-bond acceptors (Lipinski definition) is 4. The molecule has 4 heteroatoms. The largest absolute Gasteiger partial charge is 0.301 e. The molecule has 2 aliphatic rings. The first-order chi connectivity index (χ1) is 8.65. The Hall–Kier alpha value is -0.630. The summed E-state index contributed by atoms with van der Waals surface area (Å²) in [4.78, 5) is 5.01. The van der Waals surface area contributed by atoms with E-state index in [0.29, 0.717) is 0 Å². The third-order valence-electron chi connectivity index (χ3n) is 4.03. The Morgan fingerprint density at radius 1 is 1.22 bits per heavy atom. The summed E-state index contributed by atoms with van der Waals surface area (Å²) in [7, 11) is 0. The average molecular weight is 250 g/mol. The molecule has 1 atom stereocenters. The monoisotopic (exact) mass is 250 g/mol. The van der Waals surface area contributed by atoms with Gasteiger partial charge in [0, 0.05) is 39.3 Å². The van der Waals surface area contributed by atoms with Gasteiger partial charge in [0.1, 0.15) is 5.54 Å². The molecule has 1 aliphatic heterocycles. The Labute approximate surface area is 111 Å². The molecule has 102 valence electrons. The Kier molecular flexibility index (Phi) is 4.60. The van der Waals surface area contributed by atoms with E-state index < -0.39 is 5.54 Å². The van der Waals surface area contributed by atoms with E-state index in [9.17, 15) is 5.26 Å². The van der Waals surface area contributed by atoms with Crippen LogP contribution in [0, 0.1) is 17.2 Å². The van der Waals surface area contributed by atoms with Crippen molar-refractivity contribution < 1.29 is 0 Å². The Bertz CT molecular complexity index is 299. The summed E-state index contributed by atoms with van der Waals surface area (Å²) >= 11 is 0. The normalized spacial score (nSPS) is 25.6. The Morgan fingerprint density at radius 2 is 1.83 bits per heavy atom. The second kappa shape index (κ2) is 6.01. The van der Waals surface area contributed by atoms with Gasteiger partial charge in [-0.25, -0.2) is 0 Å². The van der Waals surface area contributed by atoms with E-state index in [2.05, 4.69) is 28.1 Å². The van der Waals surface area contributed by atoms with Crippen molar-refractivity contribution in [2.75, 3.05) is 45.8 Å². The van der Waals surface area contributed by atoms with Crippen molar-refractivity contribution in [3.05, 3.63) is 0 Å². The molecule has 0 spiro atoms. The average Bonchev–Trinajstić information content (AvgIpc) is 3.16. The fourth-order valence-electron chi connectivity index (χ4n) is 2.76. The van der Waals surface area contributed by atoms with E-state index in [1.807, 2.05) is 6.92 Å². The molecule has 4 nitrogen and oxygen atoms in total. The van der Waals surface area contributed by atoms with Crippen LogP contribution in [0.3, 0.4) is 0 Å². The van der Waals surface area contributed by atoms with Gasteiger partial charge in [-0.15, -0.1) is 0 Å². The third kappa shape index (κ3) is 3.94. The second-order valence-electron chi connectivity index (χ2n) is 5.99. The maximum atomic E-state index is 9.28. The topological polar surface area (TPSA) is 42.3 Å². The standard InChI is InChI=1S/C14H26N4/c1-3-16-14(2,11-15)12-18-8-6-17(7-9-18)10-13-4-5-13/h13,16H,3-10,12H2,1-2H3. The van der Waals surface area contributed by atoms with Gasteiger partial charge in [0.2, 0.25) is 0 Å². The molecule has 1 saturated carbocycles. The lowest BCUT2D eigenvalue weighted by Gasteiger charge is -2.38. The highest BCUT2D eigenvalue weighted by atomic mass is 15.3. The molecule has 1 saturated heterocycles. The summed E-state index contributed by atoms with van der Waals surface area (Å²) in [5.41, 5.74) is -0.395. The number of rotatable bonds is 6. The zero-order valence-corrected chi connectivity index (χ0v) is 11.8. The zero-order valence-electron chi connectivity index (χ0n) is 11.8. The van der Waals surface area contributed by atoms with Gasteiger partial charge in [-0.05, 0) is 32.2 Å². The lowest BCUT2D eigenvalue weighted by atomic mass is 10.0. The number of nitriles is 1. The van der Waals surface area contributed by atoms with Gasteiger partial charge in [0.15, 0.2) is 0 Å². The SMILES string of the molecule is CCNC(C)(C#N)CN1CCN(CC2CC2)CC1. The number of hydrogen-bond donors (Lipinski definition) is 1. The number of likely N-dealkylation sites (N-methyl/N-ethyl adjacent to an activating group) is 1. The van der Waals surface area contributed by atoms with Crippen molar-refractivity contribution in [2.24, 2.45) is 5.92 Å². The van der Waals surface area contributed by atoms with Gasteiger partial charge in [0.05, 0.1) is 6.07 Å². The van der Waals surface area contributed by atoms with Crippen molar-refractivity contribution in [1.29, 1.82) is 5.26 Å². The highest BCUT2D eigenvalue weighted by Crippen LogP contribution is 2.29. The first kappa shape index (κ1) is 13.8. The van der Waals surface area contributed by atoms with Crippen LogP contribution in [0.15, 0.2) is 0 Å². The van der Waals surface area contributed by atoms with Crippen LogP contribution in [0.25, 0.3) is 0 Å². The first-order valence-electron chi connectivity index (χ1n) is 7.26. The minimum Gasteiger partial charge on any atom is -0.301 e. The second-order valence-corrected chi connectivity index (χ2v) is 5.99. The molecule has 1 heterocycles. The van der Waals surface area contributed by atoms with Crippen molar-refractivity contribution >= 4 is 0 Å². The van der Waals surface area contributed by atoms with Gasteiger partial charge in [0.25, 0.3) is 0 Å². The minimum absolute atomic E-state index is 0.395. The van der Waals surface area contributed by atoms with E-state index in [4.69, 9.17) is 0 Å². The van der Waals surface area contributed by atoms with E-state index in [1.165, 1.54) is 32.5 Å². The highest BCUT2D eigenvalue weighted by molar-refractivity contribution is 5.05. The molecule has 0 aromatic carbocycles. The summed E-state index contributed by atoms with van der Waals surface area (Å²) in [6.07, 6.45) is 2.88. The summed E-state index contributed by atoms with van der Waals surface area (Å²) < 4.78 is 0. The van der Waals surface area contributed by atoms with Crippen molar-refractivity contribution in [1.82, 2.24) is 15.1 Å². The number of piperazine rings is 1. The summed E-state index contributed by atoms with van der Waals surface area (Å²) in [5, 5.41) is 12.6. The Balaban J connectivity index is 1.73. The maximum absolute atomic E-state index is 9.28. The summed E-state index contributed by atoms with van der Waals surface area (Å²) in [6, 6.07) is 2.41. The molecule has 18 heavy (non-hydrogen) atoms. The fourth-order valence-corrected chi connectivity index (χ4v) is 2.76. The molecule has 2 rings (SSSR count). The molecule has 0 aromatic heterocycles. The van der Waals surface area contributed by atoms with Crippen LogP contribution >= 0.6 is 0 Å². The summed E-state index contributed by atoms with van der Waals surface area (Å²) in [5.74, 6) is 0.989. The van der Waals surface area contributed by atoms with Crippen LogP contribution in [0.4, 0.5) is 0 Å². The maximum Gasteiger partial charge on any atom is 0.116 e. The lowest BCUT2D eigenvalue weighted by molar-refractivity contribution is 0.112. The van der Waals surface area contributed by atoms with Crippen LogP contribution in [0.2, 0.25) is 0 Å². The minimum atomic E-state index is -0.395. The lowest BCUT2D eigenvalue weighted by Crippen LogP contribution is -2.55. The predicted molar refractivity (Wildman–Crippen MR) is 73.3 cm³/mol. The molecule has 0 amide bonds. The van der Waals surface area contributed by atoms with Crippen LogP contribution in [0.1, 0.15) is 26.7 Å². The van der Waals surface area contributed by atoms with Crippen molar-refractivity contribution in [2.45, 2.75) is 32.2 Å². The molecule has 2 fully saturated rings. The molecule has 1 N–H and O–H groups in total. The first-order valence-corrected chi connectivity index (χ1v) is 7.26. The zero-order chi connectivity index (χ0) is 13.0. The molecule has 0 bridgehead atoms. The van der Waals surface area contributed by atoms with Gasteiger partial charge in [-0.3, -0.25) is 10.2 Å². The molecule has 0 aromatic rings. The quantitative estimate of drug-likeness (QED) is 0.761. The van der Waals surface area contributed by atoms with Gasteiger partial charge >= 0.3 is 0 Å². The molecular weight excluding hydrogens is 224 g/mol. The molecule has 0 radical (unpaired) electrons. The van der Waals surface area contributed by atoms with Crippen LogP contribution in [0.5, 0.6) is 0 Å². The van der Waals surface area contributed by atoms with E-state index >= 15 is 0 Å². The van der Waals surface area contributed by atoms with Crippen LogP contribution in [-0.2, 0) is 0 Å². The number of nitrogens with one attached hydrogen (secondary N) is 1. The smallest absolute Gasteiger partial charge is 0.116 e. The van der Waals surface area contributed by atoms with Crippen LogP contribution < -0.4 is 5.32 Å². The highest BCUT2D eigenvalue weighted by Gasteiger charge is 2.30. The predicted octanol–water partition coefficient (Wildman–Crippen LogP) is 0.906.